The summed E-state index contributed by atoms with van der Waals surface area (Å²) < 4.78 is 30.4. The summed E-state index contributed by atoms with van der Waals surface area (Å²) >= 11 is 3.35. The van der Waals surface area contributed by atoms with E-state index in [4.69, 9.17) is 0 Å². The van der Waals surface area contributed by atoms with Crippen LogP contribution in [0.3, 0.4) is 0 Å². The number of anilines is 1. The summed E-state index contributed by atoms with van der Waals surface area (Å²) in [6.07, 6.45) is 1.50. The van der Waals surface area contributed by atoms with Crippen molar-refractivity contribution in [3.63, 3.8) is 0 Å². The third kappa shape index (κ3) is 4.07. The molecule has 152 valence electrons. The topological polar surface area (TPSA) is 93.1 Å². The van der Waals surface area contributed by atoms with E-state index in [0.29, 0.717) is 10.2 Å². The van der Waals surface area contributed by atoms with Crippen LogP contribution < -0.4 is 10.1 Å². The van der Waals surface area contributed by atoms with E-state index < -0.39 is 15.9 Å². The maximum Gasteiger partial charge on any atom is 0.270 e. The fourth-order valence-electron chi connectivity index (χ4n) is 2.95. The number of imidazole rings is 1. The van der Waals surface area contributed by atoms with E-state index in [2.05, 4.69) is 31.1 Å². The smallest absolute Gasteiger partial charge is 0.270 e. The van der Waals surface area contributed by atoms with Gasteiger partial charge in [0.2, 0.25) is 0 Å². The quantitative estimate of drug-likeness (QED) is 0.441. The van der Waals surface area contributed by atoms with Gasteiger partial charge in [-0.3, -0.25) is 14.9 Å². The molecule has 0 unspecified atom stereocenters. The van der Waals surface area contributed by atoms with Crippen molar-refractivity contribution in [2.45, 2.75) is 11.8 Å². The number of amides is 1. The molecule has 7 nitrogen and oxygen atoms in total. The van der Waals surface area contributed by atoms with Crippen molar-refractivity contribution in [2.24, 2.45) is 0 Å². The third-order valence-electron chi connectivity index (χ3n) is 4.45. The fraction of sp³-hybridized carbons (Fsp3) is 0.0476. The van der Waals surface area contributed by atoms with Gasteiger partial charge in [-0.05, 0) is 70.9 Å². The van der Waals surface area contributed by atoms with Gasteiger partial charge in [0.25, 0.3) is 15.9 Å². The third-order valence-corrected chi connectivity index (χ3v) is 6.50. The molecule has 1 amide bonds. The second kappa shape index (κ2) is 7.92. The molecule has 0 saturated heterocycles. The Labute approximate surface area is 181 Å². The lowest BCUT2D eigenvalue weighted by Gasteiger charge is -2.12. The molecule has 0 spiro atoms. The van der Waals surface area contributed by atoms with Crippen LogP contribution in [0.5, 0.6) is 0 Å². The number of para-hydroxylation sites is 2. The number of benzene rings is 3. The number of nitrogens with zero attached hydrogens (tertiary/aromatic N) is 2. The Balaban J connectivity index is 1.60. The maximum atomic E-state index is 12.9. The van der Waals surface area contributed by atoms with E-state index in [1.165, 1.54) is 29.2 Å². The molecule has 0 atom stereocenters. The maximum absolute atomic E-state index is 12.9. The largest absolute Gasteiger partial charge is 0.278 e. The van der Waals surface area contributed by atoms with Gasteiger partial charge in [0.05, 0.1) is 21.6 Å². The number of carbonyl (C=O) groups is 1. The Hall–Kier alpha value is -3.17. The highest BCUT2D eigenvalue weighted by Gasteiger charge is 2.18. The van der Waals surface area contributed by atoms with Gasteiger partial charge in [-0.25, -0.2) is 18.1 Å². The summed E-state index contributed by atoms with van der Waals surface area (Å²) in [5.41, 5.74) is 5.74. The average molecular weight is 485 g/mol. The first kappa shape index (κ1) is 20.1. The highest BCUT2D eigenvalue weighted by Crippen LogP contribution is 2.26. The van der Waals surface area contributed by atoms with Gasteiger partial charge in [-0.2, -0.15) is 0 Å². The minimum atomic E-state index is -3.88. The molecule has 1 aromatic heterocycles. The Morgan fingerprint density at radius 2 is 1.83 bits per heavy atom. The Morgan fingerprint density at radius 3 is 2.67 bits per heavy atom. The van der Waals surface area contributed by atoms with Crippen molar-refractivity contribution in [1.82, 2.24) is 9.66 Å². The number of fused-ring (bicyclic) bond motifs is 1. The van der Waals surface area contributed by atoms with Gasteiger partial charge in [-0.1, -0.05) is 24.3 Å². The number of hydrogen-bond acceptors (Lipinski definition) is 4. The van der Waals surface area contributed by atoms with Gasteiger partial charge in [0, 0.05) is 10.0 Å². The number of sulfonamides is 1. The molecule has 0 aliphatic heterocycles. The van der Waals surface area contributed by atoms with Crippen molar-refractivity contribution in [3.8, 4) is 0 Å². The molecule has 4 rings (SSSR count). The van der Waals surface area contributed by atoms with Gasteiger partial charge >= 0.3 is 0 Å². The number of halogens is 1. The molecule has 0 radical (unpaired) electrons. The molecule has 0 fully saturated rings. The lowest BCUT2D eigenvalue weighted by atomic mass is 10.2. The van der Waals surface area contributed by atoms with Gasteiger partial charge in [0.1, 0.15) is 6.33 Å². The summed E-state index contributed by atoms with van der Waals surface area (Å²) in [6.45, 7) is 1.87. The first-order chi connectivity index (χ1) is 14.3. The van der Waals surface area contributed by atoms with E-state index in [9.17, 15) is 13.2 Å². The van der Waals surface area contributed by atoms with Crippen molar-refractivity contribution in [2.75, 3.05) is 10.1 Å². The Bertz CT molecular complexity index is 1370. The summed E-state index contributed by atoms with van der Waals surface area (Å²) in [5.74, 6) is -0.452. The SMILES string of the molecule is Cc1ccc(Br)c(NS(=O)(=O)c2cccc(C(=O)Nn3cnc4ccccc43)c2)c1. The molecule has 9 heteroatoms. The van der Waals surface area contributed by atoms with Gasteiger partial charge in [-0.15, -0.1) is 0 Å². The van der Waals surface area contributed by atoms with Crippen LogP contribution in [0.25, 0.3) is 11.0 Å². The van der Waals surface area contributed by atoms with Crippen molar-refractivity contribution in [1.29, 1.82) is 0 Å². The zero-order valence-corrected chi connectivity index (χ0v) is 18.2. The van der Waals surface area contributed by atoms with Crippen LogP contribution in [-0.4, -0.2) is 24.0 Å². The standard InChI is InChI=1S/C21H17BrN4O3S/c1-14-9-10-17(22)19(11-14)25-30(28,29)16-6-4-5-15(12-16)21(27)24-26-13-23-18-7-2-3-8-20(18)26/h2-13,25H,1H3,(H,24,27). The molecular weight excluding hydrogens is 468 g/mol. The van der Waals surface area contributed by atoms with Crippen LogP contribution in [0.2, 0.25) is 0 Å². The summed E-state index contributed by atoms with van der Waals surface area (Å²) in [7, 11) is -3.88. The molecule has 1 heterocycles. The molecule has 0 aliphatic carbocycles. The van der Waals surface area contributed by atoms with E-state index in [1.54, 1.807) is 18.2 Å². The van der Waals surface area contributed by atoms with E-state index >= 15 is 0 Å². The number of hydrogen-bond donors (Lipinski definition) is 2. The Morgan fingerprint density at radius 1 is 1.03 bits per heavy atom. The zero-order valence-electron chi connectivity index (χ0n) is 15.8. The predicted molar refractivity (Wildman–Crippen MR) is 120 cm³/mol. The summed E-state index contributed by atoms with van der Waals surface area (Å²) in [4.78, 5) is 16.9. The van der Waals surface area contributed by atoms with Crippen LogP contribution in [0.4, 0.5) is 5.69 Å². The first-order valence-electron chi connectivity index (χ1n) is 8.96. The van der Waals surface area contributed by atoms with E-state index in [0.717, 1.165) is 16.6 Å². The molecule has 4 aromatic rings. The van der Waals surface area contributed by atoms with Gasteiger partial charge < -0.3 is 0 Å². The lowest BCUT2D eigenvalue weighted by molar-refractivity contribution is 0.101. The molecule has 0 aliphatic rings. The minimum absolute atomic E-state index is 0.0148. The number of carbonyl (C=O) groups excluding carboxylic acids is 1. The Kier molecular flexibility index (Phi) is 5.31. The number of aryl methyl sites for hydroxylation is 1. The summed E-state index contributed by atoms with van der Waals surface area (Å²) in [5, 5.41) is 0. The lowest BCUT2D eigenvalue weighted by Crippen LogP contribution is -2.22. The first-order valence-corrected chi connectivity index (χ1v) is 11.2. The summed E-state index contributed by atoms with van der Waals surface area (Å²) in [6, 6.07) is 18.6. The second-order valence-corrected chi connectivity index (χ2v) is 9.20. The molecule has 0 bridgehead atoms. The number of nitrogens with one attached hydrogen (secondary N) is 2. The minimum Gasteiger partial charge on any atom is -0.278 e. The van der Waals surface area contributed by atoms with Crippen LogP contribution in [0.15, 0.2) is 82.4 Å². The molecule has 0 saturated carbocycles. The van der Waals surface area contributed by atoms with Crippen LogP contribution in [0, 0.1) is 6.92 Å². The highest BCUT2D eigenvalue weighted by atomic mass is 79.9. The predicted octanol–water partition coefficient (Wildman–Crippen LogP) is 4.29. The average Bonchev–Trinajstić information content (AvgIpc) is 3.13. The van der Waals surface area contributed by atoms with Crippen molar-refractivity contribution >= 4 is 48.6 Å². The molecule has 3 aromatic carbocycles. The normalized spacial score (nSPS) is 11.4. The van der Waals surface area contributed by atoms with Crippen molar-refractivity contribution < 1.29 is 13.2 Å². The molecule has 2 N–H and O–H groups in total. The van der Waals surface area contributed by atoms with E-state index in [1.807, 2.05) is 37.3 Å². The fourth-order valence-corrected chi connectivity index (χ4v) is 4.54. The number of rotatable bonds is 5. The monoisotopic (exact) mass is 484 g/mol. The van der Waals surface area contributed by atoms with Crippen LogP contribution in [0.1, 0.15) is 15.9 Å². The van der Waals surface area contributed by atoms with Crippen molar-refractivity contribution in [3.05, 3.63) is 88.7 Å². The number of aromatic nitrogens is 2. The van der Waals surface area contributed by atoms with Crippen LogP contribution in [-0.2, 0) is 10.0 Å². The zero-order chi connectivity index (χ0) is 21.3. The molecular formula is C21H17BrN4O3S. The highest BCUT2D eigenvalue weighted by molar-refractivity contribution is 9.10. The van der Waals surface area contributed by atoms with Gasteiger partial charge in [0.15, 0.2) is 0 Å². The second-order valence-electron chi connectivity index (χ2n) is 6.66. The van der Waals surface area contributed by atoms with Crippen LogP contribution >= 0.6 is 15.9 Å². The van der Waals surface area contributed by atoms with E-state index in [-0.39, 0.29) is 10.5 Å². The molecule has 30 heavy (non-hydrogen) atoms.